The molecule has 22 heavy (non-hydrogen) atoms. The van der Waals surface area contributed by atoms with Crippen molar-refractivity contribution < 1.29 is 13.2 Å². The Kier molecular flexibility index (Phi) is 4.89. The van der Waals surface area contributed by atoms with Gasteiger partial charge in [-0.05, 0) is 44.5 Å². The number of amides is 1. The number of sulfonamides is 1. The first-order valence-electron chi connectivity index (χ1n) is 7.42. The van der Waals surface area contributed by atoms with Gasteiger partial charge in [-0.2, -0.15) is 0 Å². The largest absolute Gasteiger partial charge is 0.348 e. The second-order valence-electron chi connectivity index (χ2n) is 5.84. The predicted molar refractivity (Wildman–Crippen MR) is 84.6 cm³/mol. The first kappa shape index (κ1) is 16.9. The minimum atomic E-state index is -3.50. The van der Waals surface area contributed by atoms with Gasteiger partial charge in [0.05, 0.1) is 16.5 Å². The van der Waals surface area contributed by atoms with Gasteiger partial charge < -0.3 is 11.1 Å². The van der Waals surface area contributed by atoms with Crippen LogP contribution in [0.4, 0.5) is 0 Å². The average molecular weight is 325 g/mol. The highest BCUT2D eigenvalue weighted by molar-refractivity contribution is 7.89. The standard InChI is InChI=1S/C15H23N3O3S/c1-11(18-14(19)15(16)8-3-4-9-15)12-6-5-7-13(10-12)22(20,21)17-2/h5-7,10-11,17H,3-4,8-9,16H2,1-2H3,(H,18,19). The molecule has 4 N–H and O–H groups in total. The third-order valence-corrected chi connectivity index (χ3v) is 5.64. The van der Waals surface area contributed by atoms with Gasteiger partial charge in [0.25, 0.3) is 0 Å². The number of carbonyl (C=O) groups excluding carboxylic acids is 1. The summed E-state index contributed by atoms with van der Waals surface area (Å²) in [5.41, 5.74) is 6.07. The molecule has 0 spiro atoms. The highest BCUT2D eigenvalue weighted by atomic mass is 32.2. The topological polar surface area (TPSA) is 101 Å². The average Bonchev–Trinajstić information content (AvgIpc) is 2.95. The highest BCUT2D eigenvalue weighted by Gasteiger charge is 2.37. The van der Waals surface area contributed by atoms with Gasteiger partial charge in [-0.15, -0.1) is 0 Å². The van der Waals surface area contributed by atoms with Crippen LogP contribution in [0.5, 0.6) is 0 Å². The molecule has 1 fully saturated rings. The normalized spacial score (nSPS) is 18.9. The Labute approximate surface area is 131 Å². The Hall–Kier alpha value is -1.44. The highest BCUT2D eigenvalue weighted by Crippen LogP contribution is 2.28. The molecule has 0 saturated heterocycles. The number of hydrogen-bond acceptors (Lipinski definition) is 4. The number of benzene rings is 1. The van der Waals surface area contributed by atoms with Gasteiger partial charge in [-0.1, -0.05) is 25.0 Å². The van der Waals surface area contributed by atoms with E-state index in [0.29, 0.717) is 12.8 Å². The molecule has 1 amide bonds. The predicted octanol–water partition coefficient (Wildman–Crippen LogP) is 1.04. The molecule has 1 atom stereocenters. The summed E-state index contributed by atoms with van der Waals surface area (Å²) in [4.78, 5) is 12.5. The van der Waals surface area contributed by atoms with E-state index in [1.807, 2.05) is 6.92 Å². The summed E-state index contributed by atoms with van der Waals surface area (Å²) >= 11 is 0. The van der Waals surface area contributed by atoms with Gasteiger partial charge in [0.2, 0.25) is 15.9 Å². The zero-order chi connectivity index (χ0) is 16.4. The maximum Gasteiger partial charge on any atom is 0.240 e. The third-order valence-electron chi connectivity index (χ3n) is 4.23. The lowest BCUT2D eigenvalue weighted by Gasteiger charge is -2.25. The summed E-state index contributed by atoms with van der Waals surface area (Å²) in [6.45, 7) is 1.82. The number of nitrogens with one attached hydrogen (secondary N) is 2. The Morgan fingerprint density at radius 3 is 2.55 bits per heavy atom. The van der Waals surface area contributed by atoms with Gasteiger partial charge in [-0.25, -0.2) is 13.1 Å². The van der Waals surface area contributed by atoms with Crippen molar-refractivity contribution in [3.8, 4) is 0 Å². The van der Waals surface area contributed by atoms with E-state index in [-0.39, 0.29) is 16.8 Å². The van der Waals surface area contributed by atoms with Crippen molar-refractivity contribution in [2.45, 2.75) is 49.1 Å². The van der Waals surface area contributed by atoms with Gasteiger partial charge in [0.15, 0.2) is 0 Å². The molecule has 6 nitrogen and oxygen atoms in total. The zero-order valence-corrected chi connectivity index (χ0v) is 13.7. The van der Waals surface area contributed by atoms with Gasteiger partial charge >= 0.3 is 0 Å². The minimum Gasteiger partial charge on any atom is -0.348 e. The monoisotopic (exact) mass is 325 g/mol. The summed E-state index contributed by atoms with van der Waals surface area (Å²) in [5.74, 6) is -0.167. The summed E-state index contributed by atoms with van der Waals surface area (Å²) in [6, 6.07) is 6.23. The van der Waals surface area contributed by atoms with E-state index in [4.69, 9.17) is 5.73 Å². The van der Waals surface area contributed by atoms with Crippen molar-refractivity contribution in [2.24, 2.45) is 5.73 Å². The van der Waals surface area contributed by atoms with Gasteiger partial charge in [-0.3, -0.25) is 4.79 Å². The summed E-state index contributed by atoms with van der Waals surface area (Å²) in [6.07, 6.45) is 3.32. The number of rotatable bonds is 5. The molecule has 0 aromatic heterocycles. The van der Waals surface area contributed by atoms with Crippen LogP contribution in [-0.4, -0.2) is 26.9 Å². The maximum absolute atomic E-state index is 12.3. The summed E-state index contributed by atoms with van der Waals surface area (Å²) < 4.78 is 26.0. The molecule has 1 unspecified atom stereocenters. The van der Waals surface area contributed by atoms with Crippen molar-refractivity contribution in [1.29, 1.82) is 0 Å². The fraction of sp³-hybridized carbons (Fsp3) is 0.533. The van der Waals surface area contributed by atoms with Crippen LogP contribution in [-0.2, 0) is 14.8 Å². The Balaban J connectivity index is 2.15. The molecule has 1 aliphatic rings. The van der Waals surface area contributed by atoms with E-state index in [9.17, 15) is 13.2 Å². The molecule has 1 aliphatic carbocycles. The molecule has 2 rings (SSSR count). The van der Waals surface area contributed by atoms with E-state index < -0.39 is 15.6 Å². The van der Waals surface area contributed by atoms with Gasteiger partial charge in [0, 0.05) is 0 Å². The quantitative estimate of drug-likeness (QED) is 0.753. The third kappa shape index (κ3) is 3.48. The van der Waals surface area contributed by atoms with Gasteiger partial charge in [0.1, 0.15) is 0 Å². The van der Waals surface area contributed by atoms with Crippen molar-refractivity contribution in [3.05, 3.63) is 29.8 Å². The number of nitrogens with two attached hydrogens (primary N) is 1. The second-order valence-corrected chi connectivity index (χ2v) is 7.72. The Morgan fingerprint density at radius 1 is 1.32 bits per heavy atom. The van der Waals surface area contributed by atoms with E-state index in [1.165, 1.54) is 13.1 Å². The summed E-state index contributed by atoms with van der Waals surface area (Å²) in [5, 5.41) is 2.90. The first-order chi connectivity index (χ1) is 10.3. The Bertz CT molecular complexity index is 652. The second kappa shape index (κ2) is 6.36. The first-order valence-corrected chi connectivity index (χ1v) is 8.90. The van der Waals surface area contributed by atoms with Crippen LogP contribution in [0.1, 0.15) is 44.2 Å². The Morgan fingerprint density at radius 2 is 1.95 bits per heavy atom. The van der Waals surface area contributed by atoms with Crippen LogP contribution in [0.25, 0.3) is 0 Å². The van der Waals surface area contributed by atoms with E-state index in [2.05, 4.69) is 10.0 Å². The van der Waals surface area contributed by atoms with Crippen molar-refractivity contribution in [1.82, 2.24) is 10.0 Å². The van der Waals surface area contributed by atoms with Crippen LogP contribution in [0, 0.1) is 0 Å². The fourth-order valence-corrected chi connectivity index (χ4v) is 3.51. The zero-order valence-electron chi connectivity index (χ0n) is 12.9. The maximum atomic E-state index is 12.3. The number of carbonyl (C=O) groups is 1. The molecule has 0 bridgehead atoms. The van der Waals surface area contributed by atoms with Crippen molar-refractivity contribution in [2.75, 3.05) is 7.05 Å². The molecule has 0 heterocycles. The van der Waals surface area contributed by atoms with Crippen LogP contribution in [0.2, 0.25) is 0 Å². The fourth-order valence-electron chi connectivity index (χ4n) is 2.73. The lowest BCUT2D eigenvalue weighted by Crippen LogP contribution is -2.52. The number of hydrogen-bond donors (Lipinski definition) is 3. The molecule has 1 aromatic carbocycles. The van der Waals surface area contributed by atoms with Crippen molar-refractivity contribution in [3.63, 3.8) is 0 Å². The molecule has 7 heteroatoms. The molecule has 0 aliphatic heterocycles. The SMILES string of the molecule is CNS(=O)(=O)c1cccc(C(C)NC(=O)C2(N)CCCC2)c1. The molecular weight excluding hydrogens is 302 g/mol. The molecule has 122 valence electrons. The van der Waals surface area contributed by atoms with E-state index in [0.717, 1.165) is 18.4 Å². The lowest BCUT2D eigenvalue weighted by molar-refractivity contribution is -0.126. The molecule has 1 saturated carbocycles. The van der Waals surface area contributed by atoms with Crippen LogP contribution in [0.3, 0.4) is 0 Å². The van der Waals surface area contributed by atoms with Crippen LogP contribution >= 0.6 is 0 Å². The minimum absolute atomic E-state index is 0.167. The lowest BCUT2D eigenvalue weighted by atomic mass is 9.97. The molecular formula is C15H23N3O3S. The van der Waals surface area contributed by atoms with E-state index >= 15 is 0 Å². The van der Waals surface area contributed by atoms with E-state index in [1.54, 1.807) is 18.2 Å². The van der Waals surface area contributed by atoms with Crippen molar-refractivity contribution >= 4 is 15.9 Å². The summed E-state index contributed by atoms with van der Waals surface area (Å²) in [7, 11) is -2.13. The van der Waals surface area contributed by atoms with Crippen LogP contribution in [0.15, 0.2) is 29.2 Å². The molecule has 1 aromatic rings. The van der Waals surface area contributed by atoms with Crippen LogP contribution < -0.4 is 15.8 Å². The smallest absolute Gasteiger partial charge is 0.240 e. The molecule has 0 radical (unpaired) electrons.